The third-order valence-electron chi connectivity index (χ3n) is 5.29. The molecular weight excluding hydrogens is 381 g/mol. The van der Waals surface area contributed by atoms with Crippen LogP contribution in [0.2, 0.25) is 0 Å². The van der Waals surface area contributed by atoms with Crippen molar-refractivity contribution in [1.82, 2.24) is 14.8 Å². The lowest BCUT2D eigenvalue weighted by atomic mass is 9.74. The van der Waals surface area contributed by atoms with Gasteiger partial charge < -0.3 is 0 Å². The Labute approximate surface area is 145 Å². The molecule has 142 valence electrons. The molecule has 1 fully saturated rings. The van der Waals surface area contributed by atoms with E-state index in [0.29, 0.717) is 0 Å². The van der Waals surface area contributed by atoms with Gasteiger partial charge >= 0.3 is 0 Å². The highest BCUT2D eigenvalue weighted by Crippen LogP contribution is 2.54. The summed E-state index contributed by atoms with van der Waals surface area (Å²) in [4.78, 5) is 3.60. The molecule has 0 aromatic carbocycles. The molecular formula is C15H14F5N3O2S. The molecule has 0 saturated heterocycles. The van der Waals surface area contributed by atoms with Crippen LogP contribution in [0.15, 0.2) is 29.0 Å². The summed E-state index contributed by atoms with van der Waals surface area (Å²) in [6.45, 7) is 1.38. The average molecular weight is 395 g/mol. The van der Waals surface area contributed by atoms with Crippen molar-refractivity contribution in [2.75, 3.05) is 0 Å². The lowest BCUT2D eigenvalue weighted by molar-refractivity contribution is 0.121. The number of halogens is 5. The van der Waals surface area contributed by atoms with Gasteiger partial charge in [-0.25, -0.2) is 35.1 Å². The molecule has 3 aliphatic rings. The third kappa shape index (κ3) is 2.28. The Morgan fingerprint density at radius 2 is 1.96 bits per heavy atom. The van der Waals surface area contributed by atoms with Crippen LogP contribution in [0.3, 0.4) is 0 Å². The highest BCUT2D eigenvalue weighted by Gasteiger charge is 2.66. The summed E-state index contributed by atoms with van der Waals surface area (Å²) >= 11 is 0. The molecule has 1 saturated carbocycles. The van der Waals surface area contributed by atoms with E-state index < -0.39 is 61.9 Å². The van der Waals surface area contributed by atoms with Gasteiger partial charge in [0.25, 0.3) is 11.1 Å². The maximum atomic E-state index is 14.4. The zero-order valence-corrected chi connectivity index (χ0v) is 14.3. The number of allylic oxidation sites excluding steroid dienone is 4. The predicted molar refractivity (Wildman–Crippen MR) is 79.2 cm³/mol. The fourth-order valence-electron chi connectivity index (χ4n) is 3.59. The van der Waals surface area contributed by atoms with E-state index in [-0.39, 0.29) is 18.7 Å². The summed E-state index contributed by atoms with van der Waals surface area (Å²) in [5, 5.41) is 0.875. The molecule has 0 radical (unpaired) electrons. The first-order valence-corrected chi connectivity index (χ1v) is 9.47. The summed E-state index contributed by atoms with van der Waals surface area (Å²) in [6.07, 6.45) is -0.455. The van der Waals surface area contributed by atoms with E-state index in [4.69, 9.17) is 0 Å². The van der Waals surface area contributed by atoms with Gasteiger partial charge in [-0.1, -0.05) is 13.0 Å². The summed E-state index contributed by atoms with van der Waals surface area (Å²) < 4.78 is 94.1. The Kier molecular flexibility index (Phi) is 3.49. The first-order chi connectivity index (χ1) is 12.0. The quantitative estimate of drug-likeness (QED) is 0.735. The lowest BCUT2D eigenvalue weighted by Crippen LogP contribution is -2.31. The summed E-state index contributed by atoms with van der Waals surface area (Å²) in [5.41, 5.74) is -1.48. The van der Waals surface area contributed by atoms with E-state index in [2.05, 4.69) is 10.1 Å². The number of sulfone groups is 1. The Morgan fingerprint density at radius 3 is 2.58 bits per heavy atom. The Balaban J connectivity index is 1.75. The molecule has 1 aromatic heterocycles. The number of rotatable bonds is 3. The zero-order chi connectivity index (χ0) is 19.1. The second-order valence-electron chi connectivity index (χ2n) is 7.10. The average Bonchev–Trinajstić information content (AvgIpc) is 2.92. The van der Waals surface area contributed by atoms with E-state index >= 15 is 0 Å². The maximum absolute atomic E-state index is 14.4. The Morgan fingerprint density at radius 1 is 1.31 bits per heavy atom. The van der Waals surface area contributed by atoms with Gasteiger partial charge in [0.1, 0.15) is 11.1 Å². The summed E-state index contributed by atoms with van der Waals surface area (Å²) in [7, 11) is -4.53. The van der Waals surface area contributed by atoms with Gasteiger partial charge in [-0.05, 0) is 12.5 Å². The van der Waals surface area contributed by atoms with Gasteiger partial charge in [0.05, 0.1) is 6.04 Å². The second kappa shape index (κ2) is 5.14. The molecule has 4 rings (SSSR count). The fourth-order valence-corrected chi connectivity index (χ4v) is 5.16. The SMILES string of the molecule is CC1([C@@H]2C[C@H](F)c3nc(S(=O)(=O)[C@H]4CC4(F)F)nn32)CC=CC(F)=C1F. The van der Waals surface area contributed by atoms with Crippen molar-refractivity contribution in [3.8, 4) is 0 Å². The lowest BCUT2D eigenvalue weighted by Gasteiger charge is -2.35. The molecule has 1 aromatic rings. The van der Waals surface area contributed by atoms with Crippen LogP contribution >= 0.6 is 0 Å². The van der Waals surface area contributed by atoms with Crippen molar-refractivity contribution >= 4 is 9.84 Å². The number of aromatic nitrogens is 3. The first-order valence-electron chi connectivity index (χ1n) is 7.93. The van der Waals surface area contributed by atoms with E-state index in [9.17, 15) is 30.4 Å². The Bertz CT molecular complexity index is 954. The predicted octanol–water partition coefficient (Wildman–Crippen LogP) is 3.53. The van der Waals surface area contributed by atoms with E-state index in [1.807, 2.05) is 0 Å². The third-order valence-corrected chi connectivity index (χ3v) is 7.24. The number of alkyl halides is 3. The van der Waals surface area contributed by atoms with Crippen molar-refractivity contribution in [2.45, 2.75) is 54.7 Å². The fraction of sp³-hybridized carbons (Fsp3) is 0.600. The van der Waals surface area contributed by atoms with Gasteiger partial charge in [-0.15, -0.1) is 5.10 Å². The van der Waals surface area contributed by atoms with Crippen LogP contribution in [-0.4, -0.2) is 34.4 Å². The van der Waals surface area contributed by atoms with Crippen molar-refractivity contribution in [2.24, 2.45) is 5.41 Å². The Hall–Kier alpha value is -1.78. The molecule has 2 aliphatic carbocycles. The maximum Gasteiger partial charge on any atom is 0.267 e. The molecule has 11 heteroatoms. The van der Waals surface area contributed by atoms with E-state index in [1.54, 1.807) is 0 Å². The van der Waals surface area contributed by atoms with Crippen LogP contribution in [0.25, 0.3) is 0 Å². The number of nitrogens with zero attached hydrogens (tertiary/aromatic N) is 3. The molecule has 1 unspecified atom stereocenters. The van der Waals surface area contributed by atoms with Crippen molar-refractivity contribution < 1.29 is 30.4 Å². The molecule has 0 bridgehead atoms. The molecule has 5 nitrogen and oxygen atoms in total. The number of hydrogen-bond acceptors (Lipinski definition) is 4. The number of fused-ring (bicyclic) bond motifs is 1. The van der Waals surface area contributed by atoms with Crippen LogP contribution in [0.1, 0.15) is 44.2 Å². The second-order valence-corrected chi connectivity index (χ2v) is 9.13. The van der Waals surface area contributed by atoms with Crippen LogP contribution in [0.4, 0.5) is 22.0 Å². The van der Waals surface area contributed by atoms with Gasteiger partial charge in [0, 0.05) is 18.3 Å². The largest absolute Gasteiger partial charge is 0.267 e. The normalized spacial score (nSPS) is 35.7. The van der Waals surface area contributed by atoms with Crippen LogP contribution < -0.4 is 0 Å². The van der Waals surface area contributed by atoms with Crippen molar-refractivity contribution in [3.05, 3.63) is 29.6 Å². The van der Waals surface area contributed by atoms with Gasteiger partial charge in [-0.3, -0.25) is 0 Å². The zero-order valence-electron chi connectivity index (χ0n) is 13.5. The smallest absolute Gasteiger partial charge is 0.242 e. The summed E-state index contributed by atoms with van der Waals surface area (Å²) in [6, 6.07) is -1.03. The van der Waals surface area contributed by atoms with Crippen LogP contribution in [0, 0.1) is 5.41 Å². The molecule has 1 aliphatic heterocycles. The molecule has 2 heterocycles. The minimum Gasteiger partial charge on any atom is -0.242 e. The molecule has 26 heavy (non-hydrogen) atoms. The van der Waals surface area contributed by atoms with Gasteiger partial charge in [-0.2, -0.15) is 4.98 Å². The van der Waals surface area contributed by atoms with Gasteiger partial charge in [0.2, 0.25) is 9.84 Å². The monoisotopic (exact) mass is 395 g/mol. The van der Waals surface area contributed by atoms with Crippen molar-refractivity contribution in [3.63, 3.8) is 0 Å². The molecule has 0 spiro atoms. The highest BCUT2D eigenvalue weighted by atomic mass is 32.2. The molecule has 0 amide bonds. The van der Waals surface area contributed by atoms with Gasteiger partial charge in [0.15, 0.2) is 17.8 Å². The first kappa shape index (κ1) is 17.6. The minimum absolute atomic E-state index is 0.0473. The molecule has 0 N–H and O–H groups in total. The minimum atomic E-state index is -4.53. The topological polar surface area (TPSA) is 64.8 Å². The van der Waals surface area contributed by atoms with Crippen LogP contribution in [0.5, 0.6) is 0 Å². The standard InChI is InChI=1S/C15H14F5N3O2S/c1-14(4-2-3-7(16)11(14)18)9-5-8(17)12-21-13(22-23(9)12)26(24,25)10-6-15(10,19)20/h2-3,8-10H,4-6H2,1H3/t8-,9-,10-,14?/m0/s1. The number of hydrogen-bond donors (Lipinski definition) is 0. The summed E-state index contributed by atoms with van der Waals surface area (Å²) in [5.74, 6) is -5.91. The van der Waals surface area contributed by atoms with E-state index in [1.165, 1.54) is 13.0 Å². The highest BCUT2D eigenvalue weighted by molar-refractivity contribution is 7.92. The van der Waals surface area contributed by atoms with Crippen molar-refractivity contribution in [1.29, 1.82) is 0 Å². The molecule has 4 atom stereocenters. The van der Waals surface area contributed by atoms with E-state index in [0.717, 1.165) is 10.8 Å². The van der Waals surface area contributed by atoms with Crippen LogP contribution in [-0.2, 0) is 9.84 Å².